The molecular formula is C19H28N4O3. The summed E-state index contributed by atoms with van der Waals surface area (Å²) in [5, 5.41) is 8.03. The number of hydrogen-bond donors (Lipinski definition) is 2. The van der Waals surface area contributed by atoms with Crippen LogP contribution in [0.15, 0.2) is 12.1 Å². The summed E-state index contributed by atoms with van der Waals surface area (Å²) in [7, 11) is 0. The van der Waals surface area contributed by atoms with Gasteiger partial charge in [0.25, 0.3) is 0 Å². The molecule has 2 aliphatic heterocycles. The van der Waals surface area contributed by atoms with Crippen molar-refractivity contribution in [3.8, 4) is 0 Å². The number of nitrogens with one attached hydrogen (secondary N) is 2. The summed E-state index contributed by atoms with van der Waals surface area (Å²) in [5.41, 5.74) is 2.37. The Kier molecular flexibility index (Phi) is 6.44. The van der Waals surface area contributed by atoms with Gasteiger partial charge in [-0.2, -0.15) is 0 Å². The number of aryl methyl sites for hydroxylation is 2. The van der Waals surface area contributed by atoms with Gasteiger partial charge in [0.1, 0.15) is 5.82 Å². The third-order valence-electron chi connectivity index (χ3n) is 4.94. The minimum absolute atomic E-state index is 0.00729. The lowest BCUT2D eigenvalue weighted by Gasteiger charge is -2.29. The van der Waals surface area contributed by atoms with Crippen LogP contribution in [0.2, 0.25) is 0 Å². The smallest absolute Gasteiger partial charge is 0.322 e. The van der Waals surface area contributed by atoms with Gasteiger partial charge in [-0.1, -0.05) is 6.07 Å². The van der Waals surface area contributed by atoms with E-state index in [-0.39, 0.29) is 17.8 Å². The van der Waals surface area contributed by atoms with E-state index in [1.807, 2.05) is 0 Å². The van der Waals surface area contributed by atoms with E-state index in [1.54, 1.807) is 5.06 Å². The molecule has 1 saturated heterocycles. The zero-order valence-electron chi connectivity index (χ0n) is 15.4. The second kappa shape index (κ2) is 8.98. The summed E-state index contributed by atoms with van der Waals surface area (Å²) in [6.07, 6.45) is 5.44. The van der Waals surface area contributed by atoms with Crippen molar-refractivity contribution in [2.24, 2.45) is 5.92 Å². The molecule has 1 amide bonds. The highest BCUT2D eigenvalue weighted by molar-refractivity contribution is 5.78. The average molecular weight is 360 g/mol. The van der Waals surface area contributed by atoms with Gasteiger partial charge in [-0.15, -0.1) is 5.06 Å². The minimum Gasteiger partial charge on any atom is -0.370 e. The molecule has 0 radical (unpaired) electrons. The van der Waals surface area contributed by atoms with E-state index in [4.69, 9.17) is 4.84 Å². The van der Waals surface area contributed by atoms with Gasteiger partial charge in [0, 0.05) is 44.7 Å². The summed E-state index contributed by atoms with van der Waals surface area (Å²) >= 11 is 0. The summed E-state index contributed by atoms with van der Waals surface area (Å²) in [5.74, 6) is 0.830. The summed E-state index contributed by atoms with van der Waals surface area (Å²) in [4.78, 5) is 33.0. The largest absolute Gasteiger partial charge is 0.370 e. The number of hydroxylamine groups is 2. The number of amides is 1. The van der Waals surface area contributed by atoms with Crippen LogP contribution in [0, 0.1) is 5.92 Å². The highest BCUT2D eigenvalue weighted by Gasteiger charge is 2.26. The maximum Gasteiger partial charge on any atom is 0.322 e. The molecule has 0 spiro atoms. The second-order valence-electron chi connectivity index (χ2n) is 7.02. The van der Waals surface area contributed by atoms with Gasteiger partial charge in [0.2, 0.25) is 5.91 Å². The number of carbonyl (C=O) groups excluding carboxylic acids is 2. The van der Waals surface area contributed by atoms with Crippen LogP contribution in [0.1, 0.15) is 43.9 Å². The predicted molar refractivity (Wildman–Crippen MR) is 98.4 cm³/mol. The highest BCUT2D eigenvalue weighted by Crippen LogP contribution is 2.20. The van der Waals surface area contributed by atoms with Crippen molar-refractivity contribution < 1.29 is 14.4 Å². The van der Waals surface area contributed by atoms with Crippen molar-refractivity contribution in [3.05, 3.63) is 23.4 Å². The van der Waals surface area contributed by atoms with E-state index >= 15 is 0 Å². The molecular weight excluding hydrogens is 332 g/mol. The Morgan fingerprint density at radius 3 is 2.92 bits per heavy atom. The fraction of sp³-hybridized carbons (Fsp3) is 0.632. The standard InChI is InChI=1S/C19H28N4O3/c1-14(24)26-23-12-8-16(9-13-23)19(25)21-11-3-5-17-7-6-15-4-2-10-20-18(15)22-17/h6-7,16H,2-5,8-13H2,1H3,(H,20,22)(H,21,25). The molecule has 2 N–H and O–H groups in total. The van der Waals surface area contributed by atoms with Crippen molar-refractivity contribution in [1.82, 2.24) is 15.4 Å². The topological polar surface area (TPSA) is 83.6 Å². The van der Waals surface area contributed by atoms with Gasteiger partial charge in [-0.05, 0) is 50.2 Å². The van der Waals surface area contributed by atoms with Gasteiger partial charge in [0.05, 0.1) is 0 Å². The zero-order valence-corrected chi connectivity index (χ0v) is 15.4. The third kappa shape index (κ3) is 5.17. The molecule has 3 heterocycles. The van der Waals surface area contributed by atoms with Crippen LogP contribution in [0.4, 0.5) is 5.82 Å². The Bertz CT molecular complexity index is 642. The van der Waals surface area contributed by atoms with E-state index in [0.29, 0.717) is 19.6 Å². The van der Waals surface area contributed by atoms with Gasteiger partial charge >= 0.3 is 5.97 Å². The van der Waals surface area contributed by atoms with Gasteiger partial charge < -0.3 is 15.5 Å². The first-order valence-corrected chi connectivity index (χ1v) is 9.55. The van der Waals surface area contributed by atoms with Crippen LogP contribution in [0.25, 0.3) is 0 Å². The van der Waals surface area contributed by atoms with Crippen LogP contribution in [0.3, 0.4) is 0 Å². The lowest BCUT2D eigenvalue weighted by atomic mass is 9.97. The van der Waals surface area contributed by atoms with Crippen LogP contribution in [0.5, 0.6) is 0 Å². The van der Waals surface area contributed by atoms with Crippen molar-refractivity contribution in [2.45, 2.75) is 45.4 Å². The molecule has 1 aromatic rings. The number of carbonyl (C=O) groups is 2. The molecule has 0 aliphatic carbocycles. The predicted octanol–water partition coefficient (Wildman–Crippen LogP) is 1.68. The Labute approximate surface area is 154 Å². The lowest BCUT2D eigenvalue weighted by Crippen LogP contribution is -2.41. The second-order valence-corrected chi connectivity index (χ2v) is 7.02. The first-order chi connectivity index (χ1) is 12.6. The Morgan fingerprint density at radius 2 is 2.15 bits per heavy atom. The molecule has 0 bridgehead atoms. The van der Waals surface area contributed by atoms with Gasteiger partial charge in [-0.3, -0.25) is 9.59 Å². The monoisotopic (exact) mass is 360 g/mol. The number of hydrogen-bond acceptors (Lipinski definition) is 6. The SMILES string of the molecule is CC(=O)ON1CCC(C(=O)NCCCc2ccc3c(n2)NCCC3)CC1. The number of pyridine rings is 1. The molecule has 3 rings (SSSR count). The first kappa shape index (κ1) is 18.6. The molecule has 0 atom stereocenters. The molecule has 26 heavy (non-hydrogen) atoms. The fourth-order valence-corrected chi connectivity index (χ4v) is 3.52. The number of rotatable bonds is 6. The third-order valence-corrected chi connectivity index (χ3v) is 4.94. The van der Waals surface area contributed by atoms with Crippen LogP contribution in [-0.2, 0) is 27.3 Å². The number of fused-ring (bicyclic) bond motifs is 1. The fourth-order valence-electron chi connectivity index (χ4n) is 3.52. The zero-order chi connectivity index (χ0) is 18.4. The van der Waals surface area contributed by atoms with Crippen LogP contribution in [-0.4, -0.2) is 48.1 Å². The summed E-state index contributed by atoms with van der Waals surface area (Å²) in [6.45, 7) is 4.28. The van der Waals surface area contributed by atoms with Crippen molar-refractivity contribution in [2.75, 3.05) is 31.5 Å². The number of piperidine rings is 1. The van der Waals surface area contributed by atoms with Crippen molar-refractivity contribution in [1.29, 1.82) is 0 Å². The van der Waals surface area contributed by atoms with Gasteiger partial charge in [-0.25, -0.2) is 4.98 Å². The van der Waals surface area contributed by atoms with Crippen LogP contribution < -0.4 is 10.6 Å². The Morgan fingerprint density at radius 1 is 1.35 bits per heavy atom. The van der Waals surface area contributed by atoms with E-state index in [9.17, 15) is 9.59 Å². The molecule has 7 nitrogen and oxygen atoms in total. The maximum atomic E-state index is 12.3. The number of anilines is 1. The molecule has 2 aliphatic rings. The highest BCUT2D eigenvalue weighted by atomic mass is 16.7. The molecule has 0 aromatic carbocycles. The molecule has 7 heteroatoms. The van der Waals surface area contributed by atoms with E-state index in [2.05, 4.69) is 27.8 Å². The number of nitrogens with zero attached hydrogens (tertiary/aromatic N) is 2. The van der Waals surface area contributed by atoms with Crippen molar-refractivity contribution >= 4 is 17.7 Å². The average Bonchev–Trinajstić information content (AvgIpc) is 2.65. The minimum atomic E-state index is -0.307. The lowest BCUT2D eigenvalue weighted by molar-refractivity contribution is -0.193. The number of aromatic nitrogens is 1. The molecule has 142 valence electrons. The maximum absolute atomic E-state index is 12.3. The van der Waals surface area contributed by atoms with Gasteiger partial charge in [0.15, 0.2) is 0 Å². The Balaban J connectivity index is 1.35. The molecule has 1 aromatic heterocycles. The van der Waals surface area contributed by atoms with E-state index < -0.39 is 0 Å². The quantitative estimate of drug-likeness (QED) is 0.751. The van der Waals surface area contributed by atoms with E-state index in [1.165, 1.54) is 18.9 Å². The van der Waals surface area contributed by atoms with Crippen LogP contribution >= 0.6 is 0 Å². The molecule has 1 fully saturated rings. The molecule has 0 unspecified atom stereocenters. The first-order valence-electron chi connectivity index (χ1n) is 9.55. The normalized spacial score (nSPS) is 17.9. The Hall–Kier alpha value is -2.15. The van der Waals surface area contributed by atoms with Crippen molar-refractivity contribution in [3.63, 3.8) is 0 Å². The summed E-state index contributed by atoms with van der Waals surface area (Å²) in [6, 6.07) is 4.26. The van der Waals surface area contributed by atoms with E-state index in [0.717, 1.165) is 50.2 Å². The summed E-state index contributed by atoms with van der Waals surface area (Å²) < 4.78 is 0. The molecule has 0 saturated carbocycles.